The number of nitrogens with zero attached hydrogens (tertiary/aromatic N) is 1. The van der Waals surface area contributed by atoms with E-state index in [0.717, 1.165) is 33.7 Å². The van der Waals surface area contributed by atoms with Crippen LogP contribution in [0.15, 0.2) is 42.5 Å². The van der Waals surface area contributed by atoms with Crippen LogP contribution in [0.4, 0.5) is 0 Å². The molecule has 0 radical (unpaired) electrons. The second kappa shape index (κ2) is 5.89. The molecule has 0 aliphatic carbocycles. The Balaban J connectivity index is 2.01. The van der Waals surface area contributed by atoms with E-state index in [0.29, 0.717) is 6.42 Å². The number of likely N-dealkylation sites (N-methyl/N-ethyl adjacent to an activating group) is 1. The van der Waals surface area contributed by atoms with Crippen LogP contribution < -0.4 is 10.1 Å². The van der Waals surface area contributed by atoms with Gasteiger partial charge >= 0.3 is 0 Å². The van der Waals surface area contributed by atoms with Gasteiger partial charge in [0.2, 0.25) is 5.91 Å². The van der Waals surface area contributed by atoms with Crippen molar-refractivity contribution in [3.8, 4) is 17.1 Å². The number of carbonyl (C=O) groups is 1. The van der Waals surface area contributed by atoms with Crippen molar-refractivity contribution in [1.82, 2.24) is 15.3 Å². The first kappa shape index (κ1) is 14.1. The molecule has 1 aromatic heterocycles. The monoisotopic (exact) mass is 295 g/mol. The summed E-state index contributed by atoms with van der Waals surface area (Å²) >= 11 is 0. The number of benzene rings is 2. The topological polar surface area (TPSA) is 67.0 Å². The van der Waals surface area contributed by atoms with E-state index in [2.05, 4.69) is 15.3 Å². The maximum atomic E-state index is 11.6. The van der Waals surface area contributed by atoms with E-state index in [-0.39, 0.29) is 5.91 Å². The molecule has 0 saturated heterocycles. The Bertz CT molecular complexity index is 806. The van der Waals surface area contributed by atoms with E-state index in [1.807, 2.05) is 42.5 Å². The zero-order valence-electron chi connectivity index (χ0n) is 12.5. The molecule has 3 aromatic rings. The lowest BCUT2D eigenvalue weighted by Crippen LogP contribution is -2.20. The highest BCUT2D eigenvalue weighted by Crippen LogP contribution is 2.24. The molecule has 0 spiro atoms. The van der Waals surface area contributed by atoms with Crippen molar-refractivity contribution in [2.75, 3.05) is 14.2 Å². The molecule has 0 fully saturated rings. The molecule has 5 nitrogen and oxygen atoms in total. The van der Waals surface area contributed by atoms with Crippen molar-refractivity contribution in [3.05, 3.63) is 48.0 Å². The first-order chi connectivity index (χ1) is 10.7. The van der Waals surface area contributed by atoms with Crippen LogP contribution in [0.1, 0.15) is 5.56 Å². The van der Waals surface area contributed by atoms with Crippen molar-refractivity contribution < 1.29 is 9.53 Å². The molecule has 1 heterocycles. The number of imidazole rings is 1. The average Bonchev–Trinajstić information content (AvgIpc) is 3.00. The summed E-state index contributed by atoms with van der Waals surface area (Å²) in [5, 5.41) is 2.64. The van der Waals surface area contributed by atoms with Crippen molar-refractivity contribution >= 4 is 16.9 Å². The maximum absolute atomic E-state index is 11.6. The van der Waals surface area contributed by atoms with Gasteiger partial charge in [-0.25, -0.2) is 4.98 Å². The zero-order valence-corrected chi connectivity index (χ0v) is 12.5. The molecule has 0 saturated carbocycles. The fourth-order valence-corrected chi connectivity index (χ4v) is 2.38. The normalized spacial score (nSPS) is 10.6. The molecule has 0 atom stereocenters. The Labute approximate surface area is 128 Å². The summed E-state index contributed by atoms with van der Waals surface area (Å²) in [7, 11) is 3.27. The number of amides is 1. The highest BCUT2D eigenvalue weighted by molar-refractivity contribution is 5.87. The second-order valence-electron chi connectivity index (χ2n) is 4.98. The van der Waals surface area contributed by atoms with Crippen LogP contribution in [0.25, 0.3) is 22.4 Å². The van der Waals surface area contributed by atoms with Crippen LogP contribution in [0.3, 0.4) is 0 Å². The van der Waals surface area contributed by atoms with Crippen molar-refractivity contribution in [2.45, 2.75) is 6.42 Å². The zero-order chi connectivity index (χ0) is 15.5. The SMILES string of the molecule is CNC(=O)Cc1cccc2[nH]c(-c3ccc(OC)cc3)nc12. The molecular formula is C17H17N3O2. The van der Waals surface area contributed by atoms with Crippen molar-refractivity contribution in [3.63, 3.8) is 0 Å². The van der Waals surface area contributed by atoms with E-state index < -0.39 is 0 Å². The number of fused-ring (bicyclic) bond motifs is 1. The molecule has 1 amide bonds. The van der Waals surface area contributed by atoms with Gasteiger partial charge in [-0.2, -0.15) is 0 Å². The molecule has 112 valence electrons. The number of H-pyrrole nitrogens is 1. The Morgan fingerprint density at radius 3 is 2.68 bits per heavy atom. The molecule has 22 heavy (non-hydrogen) atoms. The van der Waals surface area contributed by atoms with Crippen molar-refractivity contribution in [2.24, 2.45) is 0 Å². The number of aromatic nitrogens is 2. The van der Waals surface area contributed by atoms with Crippen LogP contribution in [0.5, 0.6) is 5.75 Å². The lowest BCUT2D eigenvalue weighted by Gasteiger charge is -2.01. The highest BCUT2D eigenvalue weighted by atomic mass is 16.5. The van der Waals surface area contributed by atoms with E-state index in [4.69, 9.17) is 4.74 Å². The Kier molecular flexibility index (Phi) is 3.78. The summed E-state index contributed by atoms with van der Waals surface area (Å²) in [6.07, 6.45) is 0.320. The molecule has 0 aliphatic rings. The van der Waals surface area contributed by atoms with Gasteiger partial charge in [0.1, 0.15) is 11.6 Å². The second-order valence-corrected chi connectivity index (χ2v) is 4.98. The lowest BCUT2D eigenvalue weighted by molar-refractivity contribution is -0.119. The van der Waals surface area contributed by atoms with Gasteiger partial charge in [-0.05, 0) is 35.9 Å². The van der Waals surface area contributed by atoms with Gasteiger partial charge in [0.25, 0.3) is 0 Å². The smallest absolute Gasteiger partial charge is 0.224 e. The quantitative estimate of drug-likeness (QED) is 0.777. The predicted octanol–water partition coefficient (Wildman–Crippen LogP) is 2.53. The summed E-state index contributed by atoms with van der Waals surface area (Å²) in [6.45, 7) is 0. The standard InChI is InChI=1S/C17H17N3O2/c1-18-15(21)10-12-4-3-5-14-16(12)20-17(19-14)11-6-8-13(22-2)9-7-11/h3-9H,10H2,1-2H3,(H,18,21)(H,19,20). The largest absolute Gasteiger partial charge is 0.497 e. The van der Waals surface area contributed by atoms with Crippen LogP contribution >= 0.6 is 0 Å². The first-order valence-corrected chi connectivity index (χ1v) is 7.04. The van der Waals surface area contributed by atoms with Gasteiger partial charge in [-0.15, -0.1) is 0 Å². The number of hydrogen-bond donors (Lipinski definition) is 2. The molecule has 3 rings (SSSR count). The minimum atomic E-state index is -0.0264. The Morgan fingerprint density at radius 2 is 2.00 bits per heavy atom. The minimum absolute atomic E-state index is 0.0264. The van der Waals surface area contributed by atoms with Gasteiger partial charge in [0.05, 0.1) is 24.6 Å². The lowest BCUT2D eigenvalue weighted by atomic mass is 10.1. The first-order valence-electron chi connectivity index (χ1n) is 7.04. The molecule has 2 aromatic carbocycles. The van der Waals surface area contributed by atoms with Gasteiger partial charge in [-0.1, -0.05) is 12.1 Å². The molecule has 2 N–H and O–H groups in total. The van der Waals surface area contributed by atoms with E-state index in [1.54, 1.807) is 14.2 Å². The molecule has 0 aliphatic heterocycles. The Hall–Kier alpha value is -2.82. The third kappa shape index (κ3) is 2.65. The Morgan fingerprint density at radius 1 is 1.23 bits per heavy atom. The number of hydrogen-bond acceptors (Lipinski definition) is 3. The third-order valence-corrected chi connectivity index (χ3v) is 3.59. The third-order valence-electron chi connectivity index (χ3n) is 3.59. The minimum Gasteiger partial charge on any atom is -0.497 e. The van der Waals surface area contributed by atoms with Crippen LogP contribution in [0.2, 0.25) is 0 Å². The average molecular weight is 295 g/mol. The van der Waals surface area contributed by atoms with Crippen molar-refractivity contribution in [1.29, 1.82) is 0 Å². The van der Waals surface area contributed by atoms with Crippen LogP contribution in [0, 0.1) is 0 Å². The number of carbonyl (C=O) groups excluding carboxylic acids is 1. The highest BCUT2D eigenvalue weighted by Gasteiger charge is 2.11. The number of aromatic amines is 1. The van der Waals surface area contributed by atoms with Crippen LogP contribution in [-0.4, -0.2) is 30.0 Å². The fourth-order valence-electron chi connectivity index (χ4n) is 2.38. The number of ether oxygens (including phenoxy) is 1. The summed E-state index contributed by atoms with van der Waals surface area (Å²) in [5.41, 5.74) is 3.64. The molecule has 5 heteroatoms. The maximum Gasteiger partial charge on any atom is 0.224 e. The summed E-state index contributed by atoms with van der Waals surface area (Å²) in [4.78, 5) is 19.6. The van der Waals surface area contributed by atoms with E-state index in [9.17, 15) is 4.79 Å². The summed E-state index contributed by atoms with van der Waals surface area (Å²) in [6, 6.07) is 13.5. The summed E-state index contributed by atoms with van der Waals surface area (Å²) in [5.74, 6) is 1.56. The number of methoxy groups -OCH3 is 1. The fraction of sp³-hybridized carbons (Fsp3) is 0.176. The van der Waals surface area contributed by atoms with Gasteiger partial charge < -0.3 is 15.0 Å². The van der Waals surface area contributed by atoms with E-state index >= 15 is 0 Å². The van der Waals surface area contributed by atoms with Gasteiger partial charge in [-0.3, -0.25) is 4.79 Å². The van der Waals surface area contributed by atoms with Gasteiger partial charge in [0, 0.05) is 12.6 Å². The van der Waals surface area contributed by atoms with Gasteiger partial charge in [0.15, 0.2) is 0 Å². The molecule has 0 unspecified atom stereocenters. The summed E-state index contributed by atoms with van der Waals surface area (Å²) < 4.78 is 5.16. The molecular weight excluding hydrogens is 278 g/mol. The number of para-hydroxylation sites is 1. The predicted molar refractivity (Wildman–Crippen MR) is 85.9 cm³/mol. The number of rotatable bonds is 4. The molecule has 0 bridgehead atoms. The number of nitrogens with one attached hydrogen (secondary N) is 2. The van der Waals surface area contributed by atoms with Crippen LogP contribution in [-0.2, 0) is 11.2 Å². The van der Waals surface area contributed by atoms with E-state index in [1.165, 1.54) is 0 Å².